The highest BCUT2D eigenvalue weighted by atomic mass is 19.1. The highest BCUT2D eigenvalue weighted by molar-refractivity contribution is 5.17. The fourth-order valence-corrected chi connectivity index (χ4v) is 3.40. The second kappa shape index (κ2) is 8.38. The molecule has 2 aromatic carbocycles. The van der Waals surface area contributed by atoms with E-state index in [1.807, 2.05) is 18.2 Å². The summed E-state index contributed by atoms with van der Waals surface area (Å²) in [6, 6.07) is 17.6. The van der Waals surface area contributed by atoms with E-state index in [-0.39, 0.29) is 12.4 Å². The van der Waals surface area contributed by atoms with Gasteiger partial charge in [-0.25, -0.2) is 4.39 Å². The van der Waals surface area contributed by atoms with Gasteiger partial charge < -0.3 is 5.11 Å². The van der Waals surface area contributed by atoms with Crippen LogP contribution in [0.15, 0.2) is 54.6 Å². The molecule has 0 bridgehead atoms. The Balaban J connectivity index is 1.61. The summed E-state index contributed by atoms with van der Waals surface area (Å²) in [6.45, 7) is 4.89. The Labute approximate surface area is 143 Å². The monoisotopic (exact) mass is 328 g/mol. The molecule has 1 aliphatic rings. The molecule has 3 rings (SSSR count). The van der Waals surface area contributed by atoms with Crippen molar-refractivity contribution in [1.29, 1.82) is 0 Å². The van der Waals surface area contributed by atoms with E-state index >= 15 is 0 Å². The molecule has 0 aliphatic carbocycles. The number of rotatable bonds is 6. The third-order valence-corrected chi connectivity index (χ3v) is 4.70. The minimum atomic E-state index is -0.196. The lowest BCUT2D eigenvalue weighted by Gasteiger charge is -2.41. The van der Waals surface area contributed by atoms with Crippen molar-refractivity contribution >= 4 is 0 Å². The average Bonchev–Trinajstić information content (AvgIpc) is 2.60. The van der Waals surface area contributed by atoms with Gasteiger partial charge in [-0.05, 0) is 29.7 Å². The molecule has 24 heavy (non-hydrogen) atoms. The molecule has 1 saturated heterocycles. The van der Waals surface area contributed by atoms with E-state index in [1.165, 1.54) is 17.7 Å². The van der Waals surface area contributed by atoms with E-state index < -0.39 is 0 Å². The van der Waals surface area contributed by atoms with Gasteiger partial charge in [0.25, 0.3) is 0 Å². The van der Waals surface area contributed by atoms with Gasteiger partial charge in [-0.2, -0.15) is 0 Å². The Kier molecular flexibility index (Phi) is 5.96. The SMILES string of the molecule is OCCC1CN(Cc2ccccc2)CCN1Cc1ccc(F)cc1. The summed E-state index contributed by atoms with van der Waals surface area (Å²) in [5.41, 5.74) is 2.45. The molecule has 2 aromatic rings. The van der Waals surface area contributed by atoms with Crippen LogP contribution in [0.3, 0.4) is 0 Å². The summed E-state index contributed by atoms with van der Waals surface area (Å²) in [6.07, 6.45) is 0.770. The van der Waals surface area contributed by atoms with Gasteiger partial charge in [-0.3, -0.25) is 9.80 Å². The molecular weight excluding hydrogens is 303 g/mol. The zero-order valence-electron chi connectivity index (χ0n) is 13.9. The zero-order valence-corrected chi connectivity index (χ0v) is 13.9. The van der Waals surface area contributed by atoms with Crippen LogP contribution in [0, 0.1) is 5.82 Å². The van der Waals surface area contributed by atoms with Crippen molar-refractivity contribution in [2.24, 2.45) is 0 Å². The van der Waals surface area contributed by atoms with E-state index in [0.29, 0.717) is 6.04 Å². The maximum atomic E-state index is 13.1. The molecule has 1 aliphatic heterocycles. The fraction of sp³-hybridized carbons (Fsp3) is 0.400. The Morgan fingerprint density at radius 3 is 2.33 bits per heavy atom. The lowest BCUT2D eigenvalue weighted by Crippen LogP contribution is -2.52. The van der Waals surface area contributed by atoms with Crippen molar-refractivity contribution in [2.45, 2.75) is 25.6 Å². The summed E-state index contributed by atoms with van der Waals surface area (Å²) in [7, 11) is 0. The summed E-state index contributed by atoms with van der Waals surface area (Å²) < 4.78 is 13.1. The van der Waals surface area contributed by atoms with E-state index in [4.69, 9.17) is 0 Å². The van der Waals surface area contributed by atoms with Gasteiger partial charge in [0.15, 0.2) is 0 Å². The van der Waals surface area contributed by atoms with Gasteiger partial charge in [0.1, 0.15) is 5.82 Å². The molecule has 1 heterocycles. The number of nitrogens with zero attached hydrogens (tertiary/aromatic N) is 2. The molecule has 3 nitrogen and oxygen atoms in total. The third kappa shape index (κ3) is 4.63. The molecule has 1 N–H and O–H groups in total. The van der Waals surface area contributed by atoms with Crippen LogP contribution in [0.25, 0.3) is 0 Å². The predicted octanol–water partition coefficient (Wildman–Crippen LogP) is 2.89. The standard InChI is InChI=1S/C20H25FN2O/c21-19-8-6-18(7-9-19)15-23-12-11-22(16-20(23)10-13-24)14-17-4-2-1-3-5-17/h1-9,20,24H,10-16H2. The van der Waals surface area contributed by atoms with Crippen LogP contribution in [0.2, 0.25) is 0 Å². The summed E-state index contributed by atoms with van der Waals surface area (Å²) in [4.78, 5) is 4.86. The number of hydrogen-bond donors (Lipinski definition) is 1. The molecule has 1 atom stereocenters. The predicted molar refractivity (Wildman–Crippen MR) is 94.0 cm³/mol. The molecule has 0 aromatic heterocycles. The van der Waals surface area contributed by atoms with Gasteiger partial charge in [0, 0.05) is 45.4 Å². The van der Waals surface area contributed by atoms with Gasteiger partial charge in [0.05, 0.1) is 0 Å². The molecular formula is C20H25FN2O. The van der Waals surface area contributed by atoms with E-state index in [0.717, 1.165) is 44.7 Å². The maximum absolute atomic E-state index is 13.1. The topological polar surface area (TPSA) is 26.7 Å². The summed E-state index contributed by atoms with van der Waals surface area (Å²) in [5.74, 6) is -0.196. The zero-order chi connectivity index (χ0) is 16.8. The fourth-order valence-electron chi connectivity index (χ4n) is 3.40. The van der Waals surface area contributed by atoms with Crippen LogP contribution in [0.5, 0.6) is 0 Å². The first kappa shape index (κ1) is 17.1. The lowest BCUT2D eigenvalue weighted by molar-refractivity contribution is 0.0500. The van der Waals surface area contributed by atoms with Gasteiger partial charge in [-0.15, -0.1) is 0 Å². The molecule has 0 saturated carbocycles. The van der Waals surface area contributed by atoms with Crippen LogP contribution in [-0.2, 0) is 13.1 Å². The van der Waals surface area contributed by atoms with Gasteiger partial charge in [-0.1, -0.05) is 42.5 Å². The van der Waals surface area contributed by atoms with Crippen molar-refractivity contribution in [3.63, 3.8) is 0 Å². The van der Waals surface area contributed by atoms with Crippen LogP contribution in [0.1, 0.15) is 17.5 Å². The van der Waals surface area contributed by atoms with Crippen LogP contribution in [-0.4, -0.2) is 47.2 Å². The molecule has 0 spiro atoms. The molecule has 128 valence electrons. The van der Waals surface area contributed by atoms with Gasteiger partial charge >= 0.3 is 0 Å². The van der Waals surface area contributed by atoms with E-state index in [9.17, 15) is 9.50 Å². The third-order valence-electron chi connectivity index (χ3n) is 4.70. The Morgan fingerprint density at radius 2 is 1.62 bits per heavy atom. The van der Waals surface area contributed by atoms with Crippen LogP contribution in [0.4, 0.5) is 4.39 Å². The summed E-state index contributed by atoms with van der Waals surface area (Å²) >= 11 is 0. The Hall–Kier alpha value is -1.75. The van der Waals surface area contributed by atoms with E-state index in [1.54, 1.807) is 0 Å². The van der Waals surface area contributed by atoms with Crippen molar-refractivity contribution in [2.75, 3.05) is 26.2 Å². The maximum Gasteiger partial charge on any atom is 0.123 e. The molecule has 1 unspecified atom stereocenters. The number of halogens is 1. The lowest BCUT2D eigenvalue weighted by atomic mass is 10.1. The normalized spacial score (nSPS) is 19.5. The van der Waals surface area contributed by atoms with Crippen molar-refractivity contribution in [1.82, 2.24) is 9.80 Å². The first-order valence-electron chi connectivity index (χ1n) is 8.60. The Bertz CT molecular complexity index is 617. The average molecular weight is 328 g/mol. The highest BCUT2D eigenvalue weighted by Crippen LogP contribution is 2.18. The quantitative estimate of drug-likeness (QED) is 0.883. The number of aliphatic hydroxyl groups excluding tert-OH is 1. The first-order valence-corrected chi connectivity index (χ1v) is 8.60. The smallest absolute Gasteiger partial charge is 0.123 e. The van der Waals surface area contributed by atoms with Crippen molar-refractivity contribution in [3.8, 4) is 0 Å². The minimum Gasteiger partial charge on any atom is -0.396 e. The van der Waals surface area contributed by atoms with E-state index in [2.05, 4.69) is 34.1 Å². The van der Waals surface area contributed by atoms with Crippen LogP contribution < -0.4 is 0 Å². The minimum absolute atomic E-state index is 0.196. The number of piperazine rings is 1. The largest absolute Gasteiger partial charge is 0.396 e. The van der Waals surface area contributed by atoms with Crippen molar-refractivity contribution in [3.05, 3.63) is 71.5 Å². The molecule has 0 radical (unpaired) electrons. The number of hydrogen-bond acceptors (Lipinski definition) is 3. The molecule has 1 fully saturated rings. The second-order valence-electron chi connectivity index (χ2n) is 6.48. The highest BCUT2D eigenvalue weighted by Gasteiger charge is 2.26. The molecule has 0 amide bonds. The Morgan fingerprint density at radius 1 is 0.917 bits per heavy atom. The van der Waals surface area contributed by atoms with Crippen molar-refractivity contribution < 1.29 is 9.50 Å². The number of benzene rings is 2. The van der Waals surface area contributed by atoms with Crippen LogP contribution >= 0.6 is 0 Å². The summed E-state index contributed by atoms with van der Waals surface area (Å²) in [5, 5.41) is 9.42. The number of aliphatic hydroxyl groups is 1. The molecule has 4 heteroatoms. The second-order valence-corrected chi connectivity index (χ2v) is 6.48. The van der Waals surface area contributed by atoms with Gasteiger partial charge in [0.2, 0.25) is 0 Å². The first-order chi connectivity index (χ1) is 11.7.